The van der Waals surface area contributed by atoms with Crippen LogP contribution in [0.2, 0.25) is 5.02 Å². The number of hydrogen-bond acceptors (Lipinski definition) is 7. The van der Waals surface area contributed by atoms with Crippen molar-refractivity contribution in [2.45, 2.75) is 44.7 Å². The van der Waals surface area contributed by atoms with Crippen LogP contribution in [0.4, 0.5) is 16.0 Å². The Bertz CT molecular complexity index is 1650. The molecule has 42 heavy (non-hydrogen) atoms. The molecule has 2 fully saturated rings. The number of carbonyl (C=O) groups is 1. The number of carboxylic acid groups (broad SMARTS) is 1. The maximum Gasteiger partial charge on any atom is 0.341 e. The van der Waals surface area contributed by atoms with Crippen molar-refractivity contribution in [2.24, 2.45) is 0 Å². The SMILES string of the molecule is O=C(O)c1cn(-c2ccc(CNC3CCCCC3)cc2)c2c(Cl)c(N3CCN(c4ncccn4)CC3)c(F)cc2c1=O. The summed E-state index contributed by atoms with van der Waals surface area (Å²) in [6.45, 7) is 2.76. The van der Waals surface area contributed by atoms with Gasteiger partial charge in [-0.25, -0.2) is 19.2 Å². The van der Waals surface area contributed by atoms with Gasteiger partial charge in [0.25, 0.3) is 0 Å². The molecule has 2 N–H and O–H groups in total. The molecular formula is C31H32ClFN6O3. The van der Waals surface area contributed by atoms with Crippen molar-refractivity contribution >= 4 is 40.1 Å². The van der Waals surface area contributed by atoms with E-state index in [0.29, 0.717) is 43.9 Å². The normalized spacial score (nSPS) is 16.2. The number of fused-ring (bicyclic) bond motifs is 1. The Balaban J connectivity index is 1.35. The fourth-order valence-corrected chi connectivity index (χ4v) is 6.38. The number of hydrogen-bond donors (Lipinski definition) is 2. The molecule has 9 nitrogen and oxygen atoms in total. The molecule has 1 saturated carbocycles. The smallest absolute Gasteiger partial charge is 0.341 e. The summed E-state index contributed by atoms with van der Waals surface area (Å²) >= 11 is 6.92. The average Bonchev–Trinajstić information content (AvgIpc) is 3.02. The number of aromatic nitrogens is 3. The van der Waals surface area contributed by atoms with Gasteiger partial charge in [-0.15, -0.1) is 0 Å². The van der Waals surface area contributed by atoms with E-state index in [2.05, 4.69) is 15.3 Å². The lowest BCUT2D eigenvalue weighted by molar-refractivity contribution is 0.0695. The Labute approximate surface area is 247 Å². The Hall–Kier alpha value is -4.02. The lowest BCUT2D eigenvalue weighted by Crippen LogP contribution is -2.47. The number of piperazine rings is 1. The third kappa shape index (κ3) is 5.56. The summed E-state index contributed by atoms with van der Waals surface area (Å²) in [5.41, 5.74) is 0.929. The van der Waals surface area contributed by atoms with Crippen molar-refractivity contribution in [1.29, 1.82) is 0 Å². The van der Waals surface area contributed by atoms with Gasteiger partial charge in [0.1, 0.15) is 11.4 Å². The van der Waals surface area contributed by atoms with Gasteiger partial charge in [0.2, 0.25) is 11.4 Å². The minimum Gasteiger partial charge on any atom is -0.477 e. The summed E-state index contributed by atoms with van der Waals surface area (Å²) in [7, 11) is 0. The highest BCUT2D eigenvalue weighted by molar-refractivity contribution is 6.38. The molecule has 0 amide bonds. The highest BCUT2D eigenvalue weighted by atomic mass is 35.5. The van der Waals surface area contributed by atoms with E-state index >= 15 is 4.39 Å². The lowest BCUT2D eigenvalue weighted by atomic mass is 9.95. The average molecular weight is 591 g/mol. The van der Waals surface area contributed by atoms with Gasteiger partial charge in [-0.3, -0.25) is 4.79 Å². The van der Waals surface area contributed by atoms with Gasteiger partial charge >= 0.3 is 5.97 Å². The van der Waals surface area contributed by atoms with E-state index in [0.717, 1.165) is 18.2 Å². The van der Waals surface area contributed by atoms with Gasteiger partial charge in [0, 0.05) is 63.0 Å². The molecule has 2 aromatic heterocycles. The summed E-state index contributed by atoms with van der Waals surface area (Å²) in [6.07, 6.45) is 10.8. The predicted molar refractivity (Wildman–Crippen MR) is 162 cm³/mol. The number of rotatable bonds is 7. The van der Waals surface area contributed by atoms with Crippen molar-refractivity contribution in [3.05, 3.63) is 87.2 Å². The van der Waals surface area contributed by atoms with Crippen molar-refractivity contribution in [3.8, 4) is 5.69 Å². The second-order valence-corrected chi connectivity index (χ2v) is 11.2. The second kappa shape index (κ2) is 12.1. The van der Waals surface area contributed by atoms with E-state index in [1.54, 1.807) is 23.0 Å². The molecule has 0 bridgehead atoms. The highest BCUT2D eigenvalue weighted by Gasteiger charge is 2.27. The van der Waals surface area contributed by atoms with Crippen molar-refractivity contribution < 1.29 is 14.3 Å². The summed E-state index contributed by atoms with van der Waals surface area (Å²) < 4.78 is 17.2. The Morgan fingerprint density at radius 2 is 1.69 bits per heavy atom. The topological polar surface area (TPSA) is 104 Å². The third-order valence-electron chi connectivity index (χ3n) is 8.23. The Morgan fingerprint density at radius 1 is 1.02 bits per heavy atom. The summed E-state index contributed by atoms with van der Waals surface area (Å²) in [6, 6.07) is 11.1. The van der Waals surface area contributed by atoms with Crippen LogP contribution in [-0.2, 0) is 6.54 Å². The number of nitrogens with one attached hydrogen (secondary N) is 1. The minimum atomic E-state index is -1.39. The molecule has 2 aliphatic rings. The first-order chi connectivity index (χ1) is 20.4. The molecule has 0 spiro atoms. The fourth-order valence-electron chi connectivity index (χ4n) is 5.98. The lowest BCUT2D eigenvalue weighted by Gasteiger charge is -2.36. The molecular weight excluding hydrogens is 559 g/mol. The van der Waals surface area contributed by atoms with Crippen LogP contribution in [0.25, 0.3) is 16.6 Å². The van der Waals surface area contributed by atoms with E-state index in [-0.39, 0.29) is 21.6 Å². The molecule has 0 radical (unpaired) electrons. The fraction of sp³-hybridized carbons (Fsp3) is 0.355. The molecule has 4 aromatic rings. The summed E-state index contributed by atoms with van der Waals surface area (Å²) in [4.78, 5) is 37.6. The molecule has 0 unspecified atom stereocenters. The Kier molecular flexibility index (Phi) is 8.08. The van der Waals surface area contributed by atoms with E-state index < -0.39 is 22.8 Å². The first kappa shape index (κ1) is 28.1. The molecule has 1 aliphatic carbocycles. The largest absolute Gasteiger partial charge is 0.477 e. The van der Waals surface area contributed by atoms with Crippen LogP contribution in [-0.4, -0.2) is 57.8 Å². The van der Waals surface area contributed by atoms with E-state index in [1.165, 1.54) is 38.3 Å². The first-order valence-corrected chi connectivity index (χ1v) is 14.7. The number of halogens is 2. The van der Waals surface area contributed by atoms with Crippen LogP contribution in [0.3, 0.4) is 0 Å². The van der Waals surface area contributed by atoms with Crippen LogP contribution in [0.1, 0.15) is 48.0 Å². The summed E-state index contributed by atoms with van der Waals surface area (Å²) in [5, 5.41) is 13.4. The molecule has 0 atom stereocenters. The van der Waals surface area contributed by atoms with Crippen molar-refractivity contribution in [3.63, 3.8) is 0 Å². The molecule has 2 aromatic carbocycles. The number of benzene rings is 2. The van der Waals surface area contributed by atoms with Gasteiger partial charge in [-0.2, -0.15) is 0 Å². The number of pyridine rings is 1. The molecule has 218 valence electrons. The monoisotopic (exact) mass is 590 g/mol. The number of anilines is 2. The summed E-state index contributed by atoms with van der Waals surface area (Å²) in [5.74, 6) is -1.45. The van der Waals surface area contributed by atoms with E-state index in [9.17, 15) is 14.7 Å². The highest BCUT2D eigenvalue weighted by Crippen LogP contribution is 2.37. The van der Waals surface area contributed by atoms with Crippen LogP contribution < -0.4 is 20.5 Å². The van der Waals surface area contributed by atoms with E-state index in [1.807, 2.05) is 34.1 Å². The zero-order valence-electron chi connectivity index (χ0n) is 23.1. The van der Waals surface area contributed by atoms with Gasteiger partial charge in [0.05, 0.1) is 21.6 Å². The first-order valence-electron chi connectivity index (χ1n) is 14.3. The van der Waals surface area contributed by atoms with Gasteiger partial charge in [-0.05, 0) is 42.7 Å². The maximum atomic E-state index is 15.7. The Morgan fingerprint density at radius 3 is 2.36 bits per heavy atom. The molecule has 1 saturated heterocycles. The number of carboxylic acids is 1. The molecule has 1 aliphatic heterocycles. The van der Waals surface area contributed by atoms with Crippen LogP contribution >= 0.6 is 11.6 Å². The van der Waals surface area contributed by atoms with Crippen LogP contribution in [0.15, 0.2) is 59.8 Å². The van der Waals surface area contributed by atoms with Gasteiger partial charge in [0.15, 0.2) is 0 Å². The zero-order chi connectivity index (χ0) is 29.2. The van der Waals surface area contributed by atoms with Gasteiger partial charge < -0.3 is 24.8 Å². The van der Waals surface area contributed by atoms with Crippen LogP contribution in [0, 0.1) is 5.82 Å². The zero-order valence-corrected chi connectivity index (χ0v) is 23.9. The number of nitrogens with zero attached hydrogens (tertiary/aromatic N) is 5. The van der Waals surface area contributed by atoms with Crippen LogP contribution in [0.5, 0.6) is 0 Å². The van der Waals surface area contributed by atoms with Crippen molar-refractivity contribution in [1.82, 2.24) is 19.9 Å². The van der Waals surface area contributed by atoms with Crippen molar-refractivity contribution in [2.75, 3.05) is 36.0 Å². The third-order valence-corrected chi connectivity index (χ3v) is 8.59. The molecule has 11 heteroatoms. The molecule has 3 heterocycles. The minimum absolute atomic E-state index is 0.0616. The molecule has 6 rings (SSSR count). The van der Waals surface area contributed by atoms with E-state index in [4.69, 9.17) is 11.6 Å². The standard InChI is InChI=1S/C31H32ClFN6O3/c32-26-27-23(17-25(33)28(26)37-13-15-38(16-14-37)31-34-11-4-12-35-31)29(40)24(30(41)42)19-39(27)22-9-7-20(8-10-22)18-36-21-5-2-1-3-6-21/h4,7-12,17,19,21,36H,1-3,5-6,13-16,18H2,(H,41,42). The van der Waals surface area contributed by atoms with Gasteiger partial charge in [-0.1, -0.05) is 43.0 Å². The predicted octanol–water partition coefficient (Wildman–Crippen LogP) is 5.02. The number of aromatic carboxylic acids is 1. The second-order valence-electron chi connectivity index (χ2n) is 10.9. The maximum absolute atomic E-state index is 15.7. The quantitative estimate of drug-likeness (QED) is 0.309.